The second kappa shape index (κ2) is 8.19. The second-order valence-electron chi connectivity index (χ2n) is 2.01. The van der Waals surface area contributed by atoms with Crippen molar-refractivity contribution in [3.63, 3.8) is 0 Å². The zero-order valence-corrected chi connectivity index (χ0v) is 7.44. The van der Waals surface area contributed by atoms with Crippen LogP contribution in [-0.2, 0) is 0 Å². The lowest BCUT2D eigenvalue weighted by Gasteiger charge is -1.94. The molecule has 0 saturated heterocycles. The summed E-state index contributed by atoms with van der Waals surface area (Å²) in [6.07, 6.45) is 0.944. The van der Waals surface area contributed by atoms with Crippen LogP contribution in [0.5, 0.6) is 0 Å². The van der Waals surface area contributed by atoms with Crippen LogP contribution in [-0.4, -0.2) is 13.4 Å². The third-order valence-electron chi connectivity index (χ3n) is 1.19. The molecule has 1 aromatic carbocycles. The summed E-state index contributed by atoms with van der Waals surface area (Å²) in [7, 11) is 1.91. The van der Waals surface area contributed by atoms with E-state index in [-0.39, 0.29) is 0 Å². The van der Waals surface area contributed by atoms with Crippen LogP contribution in [0.15, 0.2) is 40.5 Å². The van der Waals surface area contributed by atoms with Crippen LogP contribution in [0.25, 0.3) is 0 Å². The van der Waals surface area contributed by atoms with Gasteiger partial charge >= 0.3 is 0 Å². The Balaban J connectivity index is 0.000000252. The Kier molecular flexibility index (Phi) is 6.99. The van der Waals surface area contributed by atoms with E-state index in [4.69, 9.17) is 5.53 Å². The van der Waals surface area contributed by atoms with Gasteiger partial charge in [-0.2, -0.15) is 5.10 Å². The molecule has 0 aliphatic rings. The van der Waals surface area contributed by atoms with Crippen molar-refractivity contribution in [3.8, 4) is 0 Å². The number of hydrogen-bond donors (Lipinski definition) is 3. The zero-order chi connectivity index (χ0) is 9.94. The first-order valence-corrected chi connectivity index (χ1v) is 3.66. The van der Waals surface area contributed by atoms with Gasteiger partial charge in [0.15, 0.2) is 6.34 Å². The van der Waals surface area contributed by atoms with Crippen molar-refractivity contribution in [1.82, 2.24) is 0 Å². The highest BCUT2D eigenvalue weighted by Gasteiger charge is 1.77. The van der Waals surface area contributed by atoms with E-state index in [0.717, 1.165) is 12.0 Å². The molecule has 0 heterocycles. The Morgan fingerprint density at radius 2 is 2.00 bits per heavy atom. The van der Waals surface area contributed by atoms with Gasteiger partial charge < -0.3 is 11.2 Å². The van der Waals surface area contributed by atoms with E-state index in [2.05, 4.69) is 21.4 Å². The first kappa shape index (κ1) is 11.1. The normalized spacial score (nSPS) is 8.69. The van der Waals surface area contributed by atoms with Gasteiger partial charge in [-0.05, 0) is 12.1 Å². The van der Waals surface area contributed by atoms with Crippen LogP contribution >= 0.6 is 0 Å². The van der Waals surface area contributed by atoms with Gasteiger partial charge in [0.1, 0.15) is 0 Å². The number of nitrogens with one attached hydrogen (secondary N) is 2. The predicted octanol–water partition coefficient (Wildman–Crippen LogP) is 1.65. The molecule has 0 bridgehead atoms. The molecule has 0 aliphatic carbocycles. The summed E-state index contributed by atoms with van der Waals surface area (Å²) in [5.41, 5.74) is 7.16. The van der Waals surface area contributed by atoms with Gasteiger partial charge in [-0.3, -0.25) is 0 Å². The van der Waals surface area contributed by atoms with Gasteiger partial charge in [-0.25, -0.2) is 5.53 Å². The Labute approximate surface area is 77.2 Å². The van der Waals surface area contributed by atoms with E-state index in [1.54, 1.807) is 0 Å². The summed E-state index contributed by atoms with van der Waals surface area (Å²) in [4.78, 5) is 0. The topological polar surface area (TPSA) is 86.6 Å². The first-order chi connectivity index (χ1) is 6.35. The molecule has 1 aromatic rings. The van der Waals surface area contributed by atoms with E-state index >= 15 is 0 Å². The molecule has 0 amide bonds. The molecule has 70 valence electrons. The van der Waals surface area contributed by atoms with Gasteiger partial charge in [-0.15, -0.1) is 5.11 Å². The van der Waals surface area contributed by atoms with Crippen molar-refractivity contribution in [3.05, 3.63) is 30.3 Å². The van der Waals surface area contributed by atoms with E-state index in [1.165, 1.54) is 0 Å². The fourth-order valence-electron chi connectivity index (χ4n) is 0.638. The number of hydrazone groups is 1. The minimum Gasteiger partial charge on any atom is -0.388 e. The van der Waals surface area contributed by atoms with E-state index in [0.29, 0.717) is 0 Å². The number of nitrogens with zero attached hydrogens (tertiary/aromatic N) is 2. The Bertz CT molecular complexity index is 244. The fourth-order valence-corrected chi connectivity index (χ4v) is 0.638. The number of hydrogen-bond acceptors (Lipinski definition) is 4. The van der Waals surface area contributed by atoms with Crippen LogP contribution < -0.4 is 11.2 Å². The lowest BCUT2D eigenvalue weighted by Crippen LogP contribution is -1.84. The molecule has 0 aromatic heterocycles. The SMILES string of the molecule is CNc1ccccc1.N=NC=NN. The van der Waals surface area contributed by atoms with E-state index in [1.807, 2.05) is 37.4 Å². The maximum absolute atomic E-state index is 6.00. The number of rotatable bonds is 2. The lowest BCUT2D eigenvalue weighted by molar-refractivity contribution is 1.17. The maximum atomic E-state index is 6.00. The van der Waals surface area contributed by atoms with Crippen LogP contribution in [0.4, 0.5) is 5.69 Å². The molecule has 0 atom stereocenters. The standard InChI is InChI=1S/C7H9N.CH4N4/c1-8-7-5-3-2-4-6-7;2-4-1-5-3/h2-6,8H,1H3;1-2H,3H2. The van der Waals surface area contributed by atoms with Gasteiger partial charge in [0.05, 0.1) is 0 Å². The largest absolute Gasteiger partial charge is 0.388 e. The van der Waals surface area contributed by atoms with Crippen molar-refractivity contribution in [2.75, 3.05) is 12.4 Å². The van der Waals surface area contributed by atoms with Crippen molar-refractivity contribution in [1.29, 1.82) is 5.53 Å². The lowest BCUT2D eigenvalue weighted by atomic mass is 10.3. The molecule has 1 rings (SSSR count). The van der Waals surface area contributed by atoms with Crippen molar-refractivity contribution < 1.29 is 0 Å². The monoisotopic (exact) mass is 179 g/mol. The van der Waals surface area contributed by atoms with Crippen LogP contribution in [0.3, 0.4) is 0 Å². The molecular weight excluding hydrogens is 166 g/mol. The summed E-state index contributed by atoms with van der Waals surface area (Å²) in [6.45, 7) is 0. The minimum absolute atomic E-state index is 0.944. The number of nitrogens with two attached hydrogens (primary N) is 1. The smallest absolute Gasteiger partial charge is 0.156 e. The summed E-state index contributed by atoms with van der Waals surface area (Å²) >= 11 is 0. The van der Waals surface area contributed by atoms with Gasteiger partial charge in [-0.1, -0.05) is 18.2 Å². The minimum atomic E-state index is 0.944. The third-order valence-corrected chi connectivity index (χ3v) is 1.19. The molecule has 5 heteroatoms. The highest BCUT2D eigenvalue weighted by atomic mass is 15.2. The average Bonchev–Trinajstić information content (AvgIpc) is 2.21. The first-order valence-electron chi connectivity index (χ1n) is 3.66. The molecular formula is C8H13N5. The molecule has 0 saturated carbocycles. The third kappa shape index (κ3) is 6.49. The molecule has 4 N–H and O–H groups in total. The molecule has 0 unspecified atom stereocenters. The Hall–Kier alpha value is -1.91. The highest BCUT2D eigenvalue weighted by Crippen LogP contribution is 2.01. The fraction of sp³-hybridized carbons (Fsp3) is 0.125. The summed E-state index contributed by atoms with van der Waals surface area (Å²) in [5, 5.41) is 8.59. The predicted molar refractivity (Wildman–Crippen MR) is 53.8 cm³/mol. The highest BCUT2D eigenvalue weighted by molar-refractivity contribution is 5.52. The van der Waals surface area contributed by atoms with E-state index in [9.17, 15) is 0 Å². The van der Waals surface area contributed by atoms with Crippen molar-refractivity contribution in [2.24, 2.45) is 16.1 Å². The zero-order valence-electron chi connectivity index (χ0n) is 7.44. The molecule has 0 aliphatic heterocycles. The van der Waals surface area contributed by atoms with Crippen molar-refractivity contribution in [2.45, 2.75) is 0 Å². The summed E-state index contributed by atoms with van der Waals surface area (Å²) in [6, 6.07) is 10.1. The summed E-state index contributed by atoms with van der Waals surface area (Å²) < 4.78 is 0. The molecule has 0 radical (unpaired) electrons. The Morgan fingerprint density at radius 1 is 1.38 bits per heavy atom. The average molecular weight is 179 g/mol. The van der Waals surface area contributed by atoms with Gasteiger partial charge in [0.2, 0.25) is 0 Å². The number of anilines is 1. The molecule has 0 fully saturated rings. The quantitative estimate of drug-likeness (QED) is 0.212. The van der Waals surface area contributed by atoms with Gasteiger partial charge in [0.25, 0.3) is 0 Å². The van der Waals surface area contributed by atoms with Crippen LogP contribution in [0.1, 0.15) is 0 Å². The van der Waals surface area contributed by atoms with Crippen molar-refractivity contribution >= 4 is 12.0 Å². The maximum Gasteiger partial charge on any atom is 0.156 e. The second-order valence-corrected chi connectivity index (χ2v) is 2.01. The number of benzene rings is 1. The number of para-hydroxylation sites is 1. The molecule has 13 heavy (non-hydrogen) atoms. The molecule has 0 spiro atoms. The van der Waals surface area contributed by atoms with E-state index < -0.39 is 0 Å². The molecule has 5 nitrogen and oxygen atoms in total. The summed E-state index contributed by atoms with van der Waals surface area (Å²) in [5.74, 6) is 4.49. The van der Waals surface area contributed by atoms with Crippen LogP contribution in [0.2, 0.25) is 0 Å². The van der Waals surface area contributed by atoms with Crippen LogP contribution in [0, 0.1) is 5.53 Å². The van der Waals surface area contributed by atoms with Gasteiger partial charge in [0, 0.05) is 12.7 Å². The Morgan fingerprint density at radius 3 is 2.23 bits per heavy atom.